The van der Waals surface area contributed by atoms with Crippen molar-refractivity contribution in [3.05, 3.63) is 34.7 Å². The molecule has 5 nitrogen and oxygen atoms in total. The molecule has 1 saturated carbocycles. The van der Waals surface area contributed by atoms with Crippen molar-refractivity contribution in [2.75, 3.05) is 5.32 Å². The largest absolute Gasteiger partial charge is 0.481 e. The molecule has 0 aliphatic heterocycles. The molecule has 0 spiro atoms. The van der Waals surface area contributed by atoms with E-state index in [9.17, 15) is 14.7 Å². The van der Waals surface area contributed by atoms with E-state index < -0.39 is 17.8 Å². The van der Waals surface area contributed by atoms with Crippen LogP contribution in [0.5, 0.6) is 0 Å². The number of amides is 1. The van der Waals surface area contributed by atoms with Crippen LogP contribution in [0.1, 0.15) is 36.8 Å². The Kier molecular flexibility index (Phi) is 5.18. The summed E-state index contributed by atoms with van der Waals surface area (Å²) in [6.45, 7) is 4.12. The Labute approximate surface area is 151 Å². The van der Waals surface area contributed by atoms with E-state index in [1.54, 1.807) is 0 Å². The van der Waals surface area contributed by atoms with Crippen molar-refractivity contribution in [3.8, 4) is 11.3 Å². The van der Waals surface area contributed by atoms with Crippen molar-refractivity contribution in [3.63, 3.8) is 0 Å². The van der Waals surface area contributed by atoms with Crippen LogP contribution >= 0.6 is 11.3 Å². The second-order valence-corrected chi connectivity index (χ2v) is 7.52. The lowest BCUT2D eigenvalue weighted by Gasteiger charge is -2.26. The highest BCUT2D eigenvalue weighted by Crippen LogP contribution is 2.32. The molecule has 0 bridgehead atoms. The molecule has 1 aromatic carbocycles. The number of hydrogen-bond acceptors (Lipinski definition) is 4. The lowest BCUT2D eigenvalue weighted by molar-refractivity contribution is -0.147. The Hall–Kier alpha value is -2.21. The number of carboxylic acid groups (broad SMARTS) is 1. The van der Waals surface area contributed by atoms with E-state index in [1.165, 1.54) is 22.5 Å². The second-order valence-electron chi connectivity index (χ2n) is 6.66. The zero-order chi connectivity index (χ0) is 18.0. The first-order valence-electron chi connectivity index (χ1n) is 8.52. The molecule has 0 saturated heterocycles. The summed E-state index contributed by atoms with van der Waals surface area (Å²) in [4.78, 5) is 28.4. The number of aromatic nitrogens is 1. The van der Waals surface area contributed by atoms with Gasteiger partial charge in [0.1, 0.15) is 0 Å². The van der Waals surface area contributed by atoms with Gasteiger partial charge in [-0.1, -0.05) is 25.0 Å². The van der Waals surface area contributed by atoms with E-state index in [-0.39, 0.29) is 5.91 Å². The number of carboxylic acids is 1. The number of anilines is 1. The summed E-state index contributed by atoms with van der Waals surface area (Å²) in [6, 6.07) is 6.16. The number of carbonyl (C=O) groups is 2. The molecule has 3 rings (SSSR count). The first-order chi connectivity index (χ1) is 12.0. The zero-order valence-electron chi connectivity index (χ0n) is 14.4. The molecule has 2 atom stereocenters. The minimum absolute atomic E-state index is 0.229. The van der Waals surface area contributed by atoms with Gasteiger partial charge >= 0.3 is 5.97 Å². The fourth-order valence-corrected chi connectivity index (χ4v) is 4.03. The van der Waals surface area contributed by atoms with Crippen molar-refractivity contribution < 1.29 is 14.7 Å². The number of carbonyl (C=O) groups excluding carboxylic acids is 1. The maximum Gasteiger partial charge on any atom is 0.307 e. The zero-order valence-corrected chi connectivity index (χ0v) is 15.2. The molecule has 6 heteroatoms. The van der Waals surface area contributed by atoms with E-state index in [0.29, 0.717) is 18.0 Å². The number of benzene rings is 1. The van der Waals surface area contributed by atoms with Gasteiger partial charge in [-0.05, 0) is 43.9 Å². The van der Waals surface area contributed by atoms with Crippen LogP contribution in [-0.4, -0.2) is 22.0 Å². The number of aliphatic carboxylic acids is 1. The maximum atomic E-state index is 12.5. The molecule has 2 unspecified atom stereocenters. The van der Waals surface area contributed by atoms with Crippen LogP contribution in [0.15, 0.2) is 23.6 Å². The summed E-state index contributed by atoms with van der Waals surface area (Å²) in [5, 5.41) is 14.6. The monoisotopic (exact) mass is 358 g/mol. The Morgan fingerprint density at radius 3 is 2.56 bits per heavy atom. The summed E-state index contributed by atoms with van der Waals surface area (Å²) in [5.41, 5.74) is 4.26. The van der Waals surface area contributed by atoms with Gasteiger partial charge in [0.05, 0.1) is 17.5 Å². The van der Waals surface area contributed by atoms with E-state index in [0.717, 1.165) is 24.1 Å². The fourth-order valence-electron chi connectivity index (χ4n) is 3.30. The Morgan fingerprint density at radius 2 is 1.88 bits per heavy atom. The predicted octanol–water partition coefficient (Wildman–Crippen LogP) is 4.26. The molecular weight excluding hydrogens is 336 g/mol. The summed E-state index contributed by atoms with van der Waals surface area (Å²) in [6.07, 6.45) is 2.96. The normalized spacial score (nSPS) is 20.2. The molecule has 1 heterocycles. The van der Waals surface area contributed by atoms with Crippen LogP contribution in [0.2, 0.25) is 0 Å². The Morgan fingerprint density at radius 1 is 1.16 bits per heavy atom. The first-order valence-corrected chi connectivity index (χ1v) is 9.40. The number of nitrogens with one attached hydrogen (secondary N) is 1. The summed E-state index contributed by atoms with van der Waals surface area (Å²) >= 11 is 1.37. The van der Waals surface area contributed by atoms with Crippen molar-refractivity contribution in [1.29, 1.82) is 0 Å². The standard InChI is InChI=1S/C19H22N2O3S/c1-11-7-8-13(9-12(11)2)16-10-25-19(20-16)21-17(22)14-5-3-4-6-15(14)18(23)24/h7-10,14-15H,3-6H2,1-2H3,(H,23,24)(H,20,21,22). The molecule has 1 fully saturated rings. The average Bonchev–Trinajstić information content (AvgIpc) is 3.05. The molecule has 25 heavy (non-hydrogen) atoms. The third-order valence-corrected chi connectivity index (χ3v) is 5.71. The van der Waals surface area contributed by atoms with Crippen molar-refractivity contribution >= 4 is 28.3 Å². The lowest BCUT2D eigenvalue weighted by atomic mass is 9.79. The number of nitrogens with zero attached hydrogens (tertiary/aromatic N) is 1. The molecule has 0 radical (unpaired) electrons. The third kappa shape index (κ3) is 3.90. The van der Waals surface area contributed by atoms with Crippen LogP contribution in [0.3, 0.4) is 0 Å². The minimum atomic E-state index is -0.880. The molecule has 2 aromatic rings. The molecule has 1 aromatic heterocycles. The van der Waals surface area contributed by atoms with Gasteiger partial charge in [0.25, 0.3) is 0 Å². The van der Waals surface area contributed by atoms with Gasteiger partial charge in [-0.2, -0.15) is 0 Å². The number of aryl methyl sites for hydroxylation is 2. The van der Waals surface area contributed by atoms with E-state index >= 15 is 0 Å². The van der Waals surface area contributed by atoms with Gasteiger partial charge in [-0.3, -0.25) is 9.59 Å². The summed E-state index contributed by atoms with van der Waals surface area (Å²) in [5.74, 6) is -2.17. The SMILES string of the molecule is Cc1ccc(-c2csc(NC(=O)C3CCCCC3C(=O)O)n2)cc1C. The highest BCUT2D eigenvalue weighted by molar-refractivity contribution is 7.14. The van der Waals surface area contributed by atoms with E-state index in [2.05, 4.69) is 36.3 Å². The predicted molar refractivity (Wildman–Crippen MR) is 98.7 cm³/mol. The van der Waals surface area contributed by atoms with Crippen molar-refractivity contribution in [2.45, 2.75) is 39.5 Å². The van der Waals surface area contributed by atoms with Crippen LogP contribution in [0, 0.1) is 25.7 Å². The van der Waals surface area contributed by atoms with Gasteiger partial charge < -0.3 is 10.4 Å². The fraction of sp³-hybridized carbons (Fsp3) is 0.421. The van der Waals surface area contributed by atoms with Crippen molar-refractivity contribution in [1.82, 2.24) is 4.98 Å². The maximum absolute atomic E-state index is 12.5. The summed E-state index contributed by atoms with van der Waals surface area (Å²) < 4.78 is 0. The molecule has 1 aliphatic carbocycles. The highest BCUT2D eigenvalue weighted by atomic mass is 32.1. The molecule has 1 amide bonds. The summed E-state index contributed by atoms with van der Waals surface area (Å²) in [7, 11) is 0. The van der Waals surface area contributed by atoms with Gasteiger partial charge in [-0.15, -0.1) is 11.3 Å². The van der Waals surface area contributed by atoms with Gasteiger partial charge in [0.15, 0.2) is 5.13 Å². The van der Waals surface area contributed by atoms with Crippen LogP contribution in [0.25, 0.3) is 11.3 Å². The average molecular weight is 358 g/mol. The number of hydrogen-bond donors (Lipinski definition) is 2. The first kappa shape index (κ1) is 17.6. The lowest BCUT2D eigenvalue weighted by Crippen LogP contribution is -2.36. The molecule has 2 N–H and O–H groups in total. The third-order valence-electron chi connectivity index (χ3n) is 4.96. The van der Waals surface area contributed by atoms with Crippen LogP contribution in [0.4, 0.5) is 5.13 Å². The van der Waals surface area contributed by atoms with Gasteiger partial charge in [0.2, 0.25) is 5.91 Å². The van der Waals surface area contributed by atoms with E-state index in [1.807, 2.05) is 11.4 Å². The van der Waals surface area contributed by atoms with Crippen LogP contribution < -0.4 is 5.32 Å². The second kappa shape index (κ2) is 7.35. The number of thiazole rings is 1. The smallest absolute Gasteiger partial charge is 0.307 e. The highest BCUT2D eigenvalue weighted by Gasteiger charge is 2.35. The Balaban J connectivity index is 1.73. The quantitative estimate of drug-likeness (QED) is 0.856. The number of rotatable bonds is 4. The Bertz CT molecular complexity index is 800. The topological polar surface area (TPSA) is 79.3 Å². The minimum Gasteiger partial charge on any atom is -0.481 e. The van der Waals surface area contributed by atoms with Crippen LogP contribution in [-0.2, 0) is 9.59 Å². The molecule has 1 aliphatic rings. The van der Waals surface area contributed by atoms with Crippen molar-refractivity contribution in [2.24, 2.45) is 11.8 Å². The van der Waals surface area contributed by atoms with Gasteiger partial charge in [-0.25, -0.2) is 4.98 Å². The molecule has 132 valence electrons. The van der Waals surface area contributed by atoms with E-state index in [4.69, 9.17) is 0 Å². The van der Waals surface area contributed by atoms with Gasteiger partial charge in [0, 0.05) is 10.9 Å². The molecular formula is C19H22N2O3S.